The van der Waals surface area contributed by atoms with Crippen LogP contribution in [-0.2, 0) is 16.2 Å². The average Bonchev–Trinajstić information content (AvgIpc) is 3.11. The Labute approximate surface area is 186 Å². The molecule has 0 aliphatic rings. The zero-order valence-corrected chi connectivity index (χ0v) is 18.6. The van der Waals surface area contributed by atoms with Gasteiger partial charge in [-0.2, -0.15) is 10.7 Å². The molecule has 0 bridgehead atoms. The van der Waals surface area contributed by atoms with E-state index in [1.807, 2.05) is 51.1 Å². The van der Waals surface area contributed by atoms with E-state index >= 15 is 0 Å². The van der Waals surface area contributed by atoms with Crippen LogP contribution in [0.3, 0.4) is 0 Å². The van der Waals surface area contributed by atoms with Crippen molar-refractivity contribution in [1.29, 1.82) is 5.26 Å². The number of hydrogen-bond acceptors (Lipinski definition) is 5. The van der Waals surface area contributed by atoms with E-state index in [-0.39, 0.29) is 0 Å². The number of anilines is 1. The minimum atomic E-state index is -0.603. The van der Waals surface area contributed by atoms with Crippen molar-refractivity contribution in [3.63, 3.8) is 0 Å². The van der Waals surface area contributed by atoms with Crippen LogP contribution in [0.1, 0.15) is 33.3 Å². The molecule has 1 aromatic heterocycles. The van der Waals surface area contributed by atoms with Crippen LogP contribution in [0.25, 0.3) is 22.2 Å². The number of ether oxygens (including phenoxy) is 1. The van der Waals surface area contributed by atoms with Crippen LogP contribution in [0.5, 0.6) is 5.75 Å². The second-order valence-electron chi connectivity index (χ2n) is 6.98. The van der Waals surface area contributed by atoms with Gasteiger partial charge in [0.1, 0.15) is 11.8 Å². The summed E-state index contributed by atoms with van der Waals surface area (Å²) in [5.41, 5.74) is 5.97. The molecule has 0 radical (unpaired) electrons. The van der Waals surface area contributed by atoms with Gasteiger partial charge in [-0.05, 0) is 50.6 Å². The van der Waals surface area contributed by atoms with Gasteiger partial charge in [0.05, 0.1) is 23.4 Å². The fraction of sp³-hybridized carbons (Fsp3) is 0.292. The van der Waals surface area contributed by atoms with E-state index in [1.54, 1.807) is 12.1 Å². The molecule has 0 spiro atoms. The fourth-order valence-corrected chi connectivity index (χ4v) is 3.74. The van der Waals surface area contributed by atoms with Gasteiger partial charge in [-0.25, -0.2) is 4.79 Å². The molecule has 3 aromatic rings. The highest BCUT2D eigenvalue weighted by Crippen LogP contribution is 2.36. The zero-order valence-electron chi connectivity index (χ0n) is 18.6. The Balaban J connectivity index is 2.02. The number of benzene rings is 2. The molecule has 0 aliphatic heterocycles. The number of nitrogens with zero attached hydrogens (tertiary/aromatic N) is 3. The van der Waals surface area contributed by atoms with Gasteiger partial charge >= 0.3 is 12.0 Å². The highest BCUT2D eigenvalue weighted by molar-refractivity contribution is 5.96. The highest BCUT2D eigenvalue weighted by Gasteiger charge is 2.20. The standard InChI is InChI=1S/C24H26N4O4/c1-5-27(24(30)26-32-16(4)29)18-10-8-17(9-11-18)23-21(15-25)20-13-12-19(31-7-3)14-22(20)28(23)6-2/h8-14H,5-7H2,1-4H3,(H,26,30). The third kappa shape index (κ3) is 4.37. The number of hydrogen-bond donors (Lipinski definition) is 1. The van der Waals surface area contributed by atoms with E-state index < -0.39 is 12.0 Å². The van der Waals surface area contributed by atoms with Crippen LogP contribution in [-0.4, -0.2) is 29.7 Å². The highest BCUT2D eigenvalue weighted by atomic mass is 16.7. The van der Waals surface area contributed by atoms with Crippen molar-refractivity contribution >= 4 is 28.6 Å². The van der Waals surface area contributed by atoms with E-state index in [0.717, 1.165) is 27.9 Å². The summed E-state index contributed by atoms with van der Waals surface area (Å²) in [5.74, 6) is 0.157. The molecule has 1 N–H and O–H groups in total. The molecule has 2 aromatic carbocycles. The fourth-order valence-electron chi connectivity index (χ4n) is 3.74. The van der Waals surface area contributed by atoms with Crippen molar-refractivity contribution in [2.45, 2.75) is 34.2 Å². The van der Waals surface area contributed by atoms with Crippen molar-refractivity contribution in [2.75, 3.05) is 18.1 Å². The largest absolute Gasteiger partial charge is 0.494 e. The number of nitriles is 1. The molecule has 0 saturated carbocycles. The molecule has 166 valence electrons. The lowest BCUT2D eigenvalue weighted by molar-refractivity contribution is -0.145. The Morgan fingerprint density at radius 2 is 1.84 bits per heavy atom. The monoisotopic (exact) mass is 434 g/mol. The van der Waals surface area contributed by atoms with Crippen LogP contribution in [0, 0.1) is 11.3 Å². The molecule has 2 amide bonds. The van der Waals surface area contributed by atoms with E-state index in [4.69, 9.17) is 4.74 Å². The minimum Gasteiger partial charge on any atom is -0.494 e. The van der Waals surface area contributed by atoms with Gasteiger partial charge < -0.3 is 14.1 Å². The molecule has 8 nitrogen and oxygen atoms in total. The first-order chi connectivity index (χ1) is 15.4. The number of rotatable bonds is 6. The zero-order chi connectivity index (χ0) is 23.3. The molecular weight excluding hydrogens is 408 g/mol. The maximum absolute atomic E-state index is 12.3. The third-order valence-electron chi connectivity index (χ3n) is 5.07. The predicted octanol–water partition coefficient (Wildman–Crippen LogP) is 4.61. The lowest BCUT2D eigenvalue weighted by atomic mass is 10.1. The van der Waals surface area contributed by atoms with Crippen LogP contribution in [0.2, 0.25) is 0 Å². The minimum absolute atomic E-state index is 0.380. The SMILES string of the molecule is CCOc1ccc2c(C#N)c(-c3ccc(N(CC)C(=O)NOC(C)=O)cc3)n(CC)c2c1. The number of amides is 2. The van der Waals surface area contributed by atoms with Crippen molar-refractivity contribution in [1.82, 2.24) is 10.0 Å². The summed E-state index contributed by atoms with van der Waals surface area (Å²) in [7, 11) is 0. The maximum Gasteiger partial charge on any atom is 0.355 e. The van der Waals surface area contributed by atoms with Gasteiger partial charge in [0.25, 0.3) is 0 Å². The summed E-state index contributed by atoms with van der Waals surface area (Å²) in [6.07, 6.45) is 0. The molecular formula is C24H26N4O4. The molecule has 0 unspecified atom stereocenters. The predicted molar refractivity (Wildman–Crippen MR) is 122 cm³/mol. The summed E-state index contributed by atoms with van der Waals surface area (Å²) in [5, 5.41) is 10.8. The molecule has 0 saturated heterocycles. The Morgan fingerprint density at radius 1 is 1.12 bits per heavy atom. The number of nitrogens with one attached hydrogen (secondary N) is 1. The average molecular weight is 434 g/mol. The van der Waals surface area contributed by atoms with Crippen LogP contribution in [0.15, 0.2) is 42.5 Å². The Hall–Kier alpha value is -3.99. The molecule has 0 fully saturated rings. The number of carbonyl (C=O) groups is 2. The second-order valence-corrected chi connectivity index (χ2v) is 6.98. The van der Waals surface area contributed by atoms with Crippen molar-refractivity contribution < 1.29 is 19.2 Å². The lowest BCUT2D eigenvalue weighted by Gasteiger charge is -2.21. The van der Waals surface area contributed by atoms with Gasteiger partial charge in [0, 0.05) is 37.2 Å². The van der Waals surface area contributed by atoms with Gasteiger partial charge in [0.15, 0.2) is 0 Å². The molecule has 32 heavy (non-hydrogen) atoms. The smallest absolute Gasteiger partial charge is 0.355 e. The second kappa shape index (κ2) is 9.88. The molecule has 0 atom stereocenters. The number of carbonyl (C=O) groups excluding carboxylic acids is 2. The quantitative estimate of drug-likeness (QED) is 0.572. The van der Waals surface area contributed by atoms with Gasteiger partial charge in [-0.1, -0.05) is 12.1 Å². The van der Waals surface area contributed by atoms with Crippen molar-refractivity contribution in [3.05, 3.63) is 48.0 Å². The summed E-state index contributed by atoms with van der Waals surface area (Å²) in [6.45, 7) is 8.62. The van der Waals surface area contributed by atoms with Crippen LogP contribution in [0.4, 0.5) is 10.5 Å². The number of fused-ring (bicyclic) bond motifs is 1. The summed E-state index contributed by atoms with van der Waals surface area (Å²) in [6, 6.07) is 14.9. The maximum atomic E-state index is 12.3. The number of aryl methyl sites for hydroxylation is 1. The summed E-state index contributed by atoms with van der Waals surface area (Å²) >= 11 is 0. The third-order valence-corrected chi connectivity index (χ3v) is 5.07. The topological polar surface area (TPSA) is 96.6 Å². The summed E-state index contributed by atoms with van der Waals surface area (Å²) in [4.78, 5) is 29.3. The van der Waals surface area contributed by atoms with Crippen LogP contribution < -0.4 is 15.1 Å². The van der Waals surface area contributed by atoms with E-state index in [0.29, 0.717) is 30.9 Å². The first-order valence-corrected chi connectivity index (χ1v) is 10.5. The van der Waals surface area contributed by atoms with Gasteiger partial charge in [0.2, 0.25) is 0 Å². The summed E-state index contributed by atoms with van der Waals surface area (Å²) < 4.78 is 7.74. The number of urea groups is 1. The first-order valence-electron chi connectivity index (χ1n) is 10.5. The van der Waals surface area contributed by atoms with E-state index in [1.165, 1.54) is 11.8 Å². The molecule has 0 aliphatic carbocycles. The van der Waals surface area contributed by atoms with Gasteiger partial charge in [-0.15, -0.1) is 0 Å². The van der Waals surface area contributed by atoms with Crippen molar-refractivity contribution in [2.24, 2.45) is 0 Å². The Bertz CT molecular complexity index is 1180. The molecule has 1 heterocycles. The molecule has 8 heteroatoms. The normalized spacial score (nSPS) is 10.5. The van der Waals surface area contributed by atoms with E-state index in [9.17, 15) is 14.9 Å². The lowest BCUT2D eigenvalue weighted by Crippen LogP contribution is -2.40. The Kier molecular flexibility index (Phi) is 7.00. The van der Waals surface area contributed by atoms with Crippen molar-refractivity contribution in [3.8, 4) is 23.1 Å². The first kappa shape index (κ1) is 22.7. The van der Waals surface area contributed by atoms with E-state index in [2.05, 4.69) is 21.0 Å². The molecule has 3 rings (SSSR count). The Morgan fingerprint density at radius 3 is 2.41 bits per heavy atom. The van der Waals surface area contributed by atoms with Gasteiger partial charge in [-0.3, -0.25) is 9.69 Å². The van der Waals surface area contributed by atoms with Crippen LogP contribution >= 0.6 is 0 Å². The number of aromatic nitrogens is 1. The number of hydroxylamine groups is 1.